The largest absolute Gasteiger partial charge is 0.465 e. The predicted octanol–water partition coefficient (Wildman–Crippen LogP) is 7.26. The molecule has 0 N–H and O–H groups in total. The van der Waals surface area contributed by atoms with Gasteiger partial charge in [0, 0.05) is 11.1 Å². The minimum Gasteiger partial charge on any atom is -0.465 e. The van der Waals surface area contributed by atoms with E-state index in [4.69, 9.17) is 44.3 Å². The van der Waals surface area contributed by atoms with Crippen LogP contribution in [0.3, 0.4) is 0 Å². The van der Waals surface area contributed by atoms with E-state index in [1.807, 2.05) is 0 Å². The summed E-state index contributed by atoms with van der Waals surface area (Å²) in [6, 6.07) is 2.84. The molecule has 0 radical (unpaired) electrons. The van der Waals surface area contributed by atoms with Gasteiger partial charge in [0.05, 0.1) is 11.6 Å². The maximum atomic E-state index is 12.9. The molecule has 0 fully saturated rings. The number of unbranched alkanes of at least 4 members (excludes halogenated alkanes) is 5. The third-order valence-corrected chi connectivity index (χ3v) is 5.88. The van der Waals surface area contributed by atoms with Crippen LogP contribution in [0.4, 0.5) is 0 Å². The fourth-order valence-corrected chi connectivity index (χ4v) is 3.52. The molecular weight excluding hydrogens is 423 g/mol. The van der Waals surface area contributed by atoms with Gasteiger partial charge in [0.15, 0.2) is 11.2 Å². The molecular formula is C21H29Cl3O4. The number of esters is 2. The van der Waals surface area contributed by atoms with Crippen LogP contribution >= 0.6 is 34.8 Å². The highest BCUT2D eigenvalue weighted by Gasteiger charge is 2.46. The molecule has 0 heterocycles. The lowest BCUT2D eigenvalue weighted by Crippen LogP contribution is -2.42. The van der Waals surface area contributed by atoms with Gasteiger partial charge in [-0.3, -0.25) is 9.59 Å². The van der Waals surface area contributed by atoms with Crippen molar-refractivity contribution in [2.45, 2.75) is 72.1 Å². The van der Waals surface area contributed by atoms with E-state index in [0.717, 1.165) is 19.3 Å². The van der Waals surface area contributed by atoms with Crippen molar-refractivity contribution in [3.63, 3.8) is 0 Å². The summed E-state index contributed by atoms with van der Waals surface area (Å²) in [5, 5.41) is 0.517. The van der Waals surface area contributed by atoms with Gasteiger partial charge < -0.3 is 9.47 Å². The Labute approximate surface area is 182 Å². The molecule has 0 aliphatic heterocycles. The van der Waals surface area contributed by atoms with Crippen molar-refractivity contribution >= 4 is 46.7 Å². The van der Waals surface area contributed by atoms with Gasteiger partial charge in [-0.15, -0.1) is 0 Å². The lowest BCUT2D eigenvalue weighted by Gasteiger charge is -2.27. The topological polar surface area (TPSA) is 52.6 Å². The molecule has 4 nitrogen and oxygen atoms in total. The van der Waals surface area contributed by atoms with Crippen LogP contribution in [0.25, 0.3) is 0 Å². The standard InChI is InChI=1S/C21H29Cl3O4/c1-4-7-8-9-10-11-12-27-19(25)21(5-2,6-3)20(26)28-17-14-15(22)13-16(23)18(17)24/h13-14H,4-12H2,1-3H3. The van der Waals surface area contributed by atoms with Crippen molar-refractivity contribution in [2.24, 2.45) is 5.41 Å². The highest BCUT2D eigenvalue weighted by atomic mass is 35.5. The predicted molar refractivity (Wildman–Crippen MR) is 114 cm³/mol. The van der Waals surface area contributed by atoms with Crippen LogP contribution in [-0.4, -0.2) is 18.5 Å². The number of hydrogen-bond donors (Lipinski definition) is 0. The molecule has 28 heavy (non-hydrogen) atoms. The van der Waals surface area contributed by atoms with Gasteiger partial charge >= 0.3 is 11.9 Å². The maximum Gasteiger partial charge on any atom is 0.328 e. The molecule has 0 unspecified atom stereocenters. The van der Waals surface area contributed by atoms with Crippen LogP contribution in [0.15, 0.2) is 12.1 Å². The fraction of sp³-hybridized carbons (Fsp3) is 0.619. The molecule has 0 atom stereocenters. The van der Waals surface area contributed by atoms with Gasteiger partial charge in [0.1, 0.15) is 5.02 Å². The SMILES string of the molecule is CCCCCCCCOC(=O)C(CC)(CC)C(=O)Oc1cc(Cl)cc(Cl)c1Cl. The molecule has 0 aliphatic rings. The second-order valence-corrected chi connectivity index (χ2v) is 8.00. The monoisotopic (exact) mass is 450 g/mol. The number of rotatable bonds is 12. The van der Waals surface area contributed by atoms with E-state index in [-0.39, 0.29) is 33.7 Å². The van der Waals surface area contributed by atoms with Crippen molar-refractivity contribution in [3.8, 4) is 5.75 Å². The average Bonchev–Trinajstić information content (AvgIpc) is 2.66. The number of halogens is 3. The molecule has 7 heteroatoms. The molecule has 0 aromatic heterocycles. The average molecular weight is 452 g/mol. The van der Waals surface area contributed by atoms with Crippen LogP contribution in [0.5, 0.6) is 5.75 Å². The van der Waals surface area contributed by atoms with Crippen LogP contribution in [-0.2, 0) is 14.3 Å². The maximum absolute atomic E-state index is 12.9. The molecule has 1 aromatic carbocycles. The summed E-state index contributed by atoms with van der Waals surface area (Å²) in [7, 11) is 0. The van der Waals surface area contributed by atoms with E-state index in [1.54, 1.807) is 13.8 Å². The van der Waals surface area contributed by atoms with Crippen molar-refractivity contribution in [2.75, 3.05) is 6.61 Å². The molecule has 1 rings (SSSR count). The normalized spacial score (nSPS) is 11.4. The highest BCUT2D eigenvalue weighted by molar-refractivity contribution is 6.44. The smallest absolute Gasteiger partial charge is 0.328 e. The van der Waals surface area contributed by atoms with Gasteiger partial charge in [0.25, 0.3) is 0 Å². The first kappa shape index (κ1) is 25.1. The first-order valence-corrected chi connectivity index (χ1v) is 11.0. The summed E-state index contributed by atoms with van der Waals surface area (Å²) in [5.41, 5.74) is -1.39. The van der Waals surface area contributed by atoms with Crippen molar-refractivity contribution < 1.29 is 19.1 Å². The number of ether oxygens (including phenoxy) is 2. The highest BCUT2D eigenvalue weighted by Crippen LogP contribution is 2.38. The minimum atomic E-state index is -1.39. The second kappa shape index (κ2) is 12.6. The Morgan fingerprint density at radius 3 is 2.11 bits per heavy atom. The first-order chi connectivity index (χ1) is 13.3. The first-order valence-electron chi connectivity index (χ1n) is 9.86. The van der Waals surface area contributed by atoms with E-state index >= 15 is 0 Å². The van der Waals surface area contributed by atoms with Crippen molar-refractivity contribution in [1.29, 1.82) is 0 Å². The molecule has 0 saturated heterocycles. The molecule has 1 aromatic rings. The number of carbonyl (C=O) groups is 2. The van der Waals surface area contributed by atoms with Gasteiger partial charge in [0.2, 0.25) is 0 Å². The van der Waals surface area contributed by atoms with Crippen LogP contribution in [0, 0.1) is 5.41 Å². The number of carbonyl (C=O) groups excluding carboxylic acids is 2. The Morgan fingerprint density at radius 1 is 0.893 bits per heavy atom. The Kier molecular flexibility index (Phi) is 11.2. The summed E-state index contributed by atoms with van der Waals surface area (Å²) in [4.78, 5) is 25.6. The Bertz CT molecular complexity index is 657. The number of hydrogen-bond acceptors (Lipinski definition) is 4. The van der Waals surface area contributed by atoms with Crippen LogP contribution in [0.2, 0.25) is 15.1 Å². The summed E-state index contributed by atoms with van der Waals surface area (Å²) >= 11 is 18.0. The second-order valence-electron chi connectivity index (χ2n) is 6.78. The van der Waals surface area contributed by atoms with Crippen LogP contribution < -0.4 is 4.74 Å². The Hall–Kier alpha value is -0.970. The van der Waals surface area contributed by atoms with E-state index in [1.165, 1.54) is 31.4 Å². The lowest BCUT2D eigenvalue weighted by molar-refractivity contribution is -0.168. The Balaban J connectivity index is 2.75. The molecule has 0 aliphatic carbocycles. The van der Waals surface area contributed by atoms with E-state index in [0.29, 0.717) is 6.61 Å². The minimum absolute atomic E-state index is 0.0270. The van der Waals surface area contributed by atoms with Crippen LogP contribution in [0.1, 0.15) is 72.1 Å². The molecule has 0 bridgehead atoms. The third kappa shape index (κ3) is 6.82. The zero-order valence-electron chi connectivity index (χ0n) is 16.8. The summed E-state index contributed by atoms with van der Waals surface area (Å²) in [6.45, 7) is 5.97. The van der Waals surface area contributed by atoms with Crippen molar-refractivity contribution in [1.82, 2.24) is 0 Å². The van der Waals surface area contributed by atoms with E-state index in [2.05, 4.69) is 6.92 Å². The van der Waals surface area contributed by atoms with Gasteiger partial charge in [-0.25, -0.2) is 0 Å². The van der Waals surface area contributed by atoms with E-state index < -0.39 is 17.4 Å². The summed E-state index contributed by atoms with van der Waals surface area (Å²) in [5.74, 6) is -1.26. The zero-order valence-corrected chi connectivity index (χ0v) is 19.1. The molecule has 0 spiro atoms. The quantitative estimate of drug-likeness (QED) is 0.110. The third-order valence-electron chi connectivity index (χ3n) is 4.88. The molecule has 0 amide bonds. The number of benzene rings is 1. The summed E-state index contributed by atoms with van der Waals surface area (Å²) < 4.78 is 10.8. The zero-order chi connectivity index (χ0) is 21.2. The van der Waals surface area contributed by atoms with Crippen molar-refractivity contribution in [3.05, 3.63) is 27.2 Å². The molecule has 0 saturated carbocycles. The molecule has 158 valence electrons. The van der Waals surface area contributed by atoms with Gasteiger partial charge in [-0.2, -0.15) is 0 Å². The Morgan fingerprint density at radius 2 is 1.50 bits per heavy atom. The lowest BCUT2D eigenvalue weighted by atomic mass is 9.82. The van der Waals surface area contributed by atoms with Gasteiger partial charge in [-0.05, 0) is 25.3 Å². The van der Waals surface area contributed by atoms with E-state index in [9.17, 15) is 9.59 Å². The van der Waals surface area contributed by atoms with Gasteiger partial charge in [-0.1, -0.05) is 87.7 Å². The summed E-state index contributed by atoms with van der Waals surface area (Å²) in [6.07, 6.45) is 7.00. The fourth-order valence-electron chi connectivity index (χ4n) is 2.90.